The second-order valence-corrected chi connectivity index (χ2v) is 9.43. The summed E-state index contributed by atoms with van der Waals surface area (Å²) in [6, 6.07) is 18.3. The number of aliphatic hydroxyl groups is 1. The lowest BCUT2D eigenvalue weighted by Gasteiger charge is -2.45. The number of hydrogen-bond donors (Lipinski definition) is 3. The number of aromatic carboxylic acids is 1. The van der Waals surface area contributed by atoms with Gasteiger partial charge in [0.15, 0.2) is 0 Å². The number of carbonyl (C=O) groups excluding carboxylic acids is 1. The molecular formula is C26H29N3O5. The summed E-state index contributed by atoms with van der Waals surface area (Å²) in [4.78, 5) is 26.0. The van der Waals surface area contributed by atoms with Crippen molar-refractivity contribution in [2.75, 3.05) is 6.54 Å². The first-order valence-corrected chi connectivity index (χ1v) is 11.2. The Kier molecular flexibility index (Phi) is 6.18. The number of cyclic esters (lactones) is 1. The van der Waals surface area contributed by atoms with E-state index in [1.165, 1.54) is 6.07 Å². The van der Waals surface area contributed by atoms with Gasteiger partial charge in [0, 0.05) is 24.9 Å². The maximum Gasteiger partial charge on any atom is 0.411 e. The predicted octanol–water partition coefficient (Wildman–Crippen LogP) is 4.73. The number of carbonyl (C=O) groups is 2. The van der Waals surface area contributed by atoms with Crippen LogP contribution in [0.25, 0.3) is 11.3 Å². The molecule has 2 atom stereocenters. The van der Waals surface area contributed by atoms with Crippen LogP contribution < -0.4 is 0 Å². The number of ether oxygens (including phenoxy) is 1. The molecule has 2 heterocycles. The van der Waals surface area contributed by atoms with Crippen LogP contribution in [-0.2, 0) is 10.3 Å². The lowest BCUT2D eigenvalue weighted by atomic mass is 9.80. The number of amides is 1. The van der Waals surface area contributed by atoms with Gasteiger partial charge in [-0.2, -0.15) is 5.10 Å². The van der Waals surface area contributed by atoms with Crippen molar-refractivity contribution in [2.24, 2.45) is 0 Å². The zero-order valence-electron chi connectivity index (χ0n) is 19.5. The van der Waals surface area contributed by atoms with Gasteiger partial charge in [0.1, 0.15) is 11.3 Å². The summed E-state index contributed by atoms with van der Waals surface area (Å²) in [5.74, 6) is -1.07. The van der Waals surface area contributed by atoms with Crippen LogP contribution in [0.5, 0.6) is 0 Å². The highest BCUT2D eigenvalue weighted by atomic mass is 16.6. The molecule has 3 N–H and O–H groups in total. The molecule has 0 aliphatic carbocycles. The zero-order chi connectivity index (χ0) is 24.5. The first-order valence-electron chi connectivity index (χ1n) is 11.2. The van der Waals surface area contributed by atoms with Crippen LogP contribution in [0, 0.1) is 0 Å². The van der Waals surface area contributed by atoms with Crippen molar-refractivity contribution in [1.29, 1.82) is 0 Å². The van der Waals surface area contributed by atoms with Gasteiger partial charge in [-0.3, -0.25) is 5.10 Å². The molecular weight excluding hydrogens is 434 g/mol. The minimum Gasteiger partial charge on any atom is -0.477 e. The maximum absolute atomic E-state index is 13.2. The lowest BCUT2D eigenvalue weighted by molar-refractivity contribution is -0.101. The lowest BCUT2D eigenvalue weighted by Crippen LogP contribution is -2.51. The summed E-state index contributed by atoms with van der Waals surface area (Å²) in [5.41, 5.74) is 1.23. The van der Waals surface area contributed by atoms with Crippen molar-refractivity contribution in [3.8, 4) is 11.3 Å². The van der Waals surface area contributed by atoms with Crippen molar-refractivity contribution < 1.29 is 24.5 Å². The predicted molar refractivity (Wildman–Crippen MR) is 126 cm³/mol. The Balaban J connectivity index is 1.52. The summed E-state index contributed by atoms with van der Waals surface area (Å²) < 4.78 is 6.07. The van der Waals surface area contributed by atoms with E-state index in [0.29, 0.717) is 25.1 Å². The standard InChI is InChI=1S/C26H29N3O5/c1-17(18-9-11-19(12-10-18)21-15-22(23(30)31)28-27-21)29-14-13-26(34-24(29)32,16-25(2,3)33)20-7-5-4-6-8-20/h4-12,15,17,33H,13-14,16H2,1-3H3,(H,27,28)(H,30,31)/t17-,26-/m0/s1. The van der Waals surface area contributed by atoms with Crippen molar-refractivity contribution in [3.05, 3.63) is 77.5 Å². The number of carboxylic acids is 1. The number of aromatic nitrogens is 2. The third-order valence-corrected chi connectivity index (χ3v) is 6.26. The number of nitrogens with zero attached hydrogens (tertiary/aromatic N) is 2. The molecule has 0 radical (unpaired) electrons. The number of benzene rings is 2. The molecule has 8 heteroatoms. The summed E-state index contributed by atoms with van der Waals surface area (Å²) >= 11 is 0. The van der Waals surface area contributed by atoms with Gasteiger partial charge in [-0.05, 0) is 38.0 Å². The summed E-state index contributed by atoms with van der Waals surface area (Å²) in [5, 5.41) is 26.2. The molecule has 0 unspecified atom stereocenters. The van der Waals surface area contributed by atoms with Gasteiger partial charge in [0.25, 0.3) is 0 Å². The van der Waals surface area contributed by atoms with Crippen LogP contribution in [0.1, 0.15) is 61.3 Å². The average molecular weight is 464 g/mol. The van der Waals surface area contributed by atoms with Crippen molar-refractivity contribution in [1.82, 2.24) is 15.1 Å². The highest BCUT2D eigenvalue weighted by Crippen LogP contribution is 2.42. The van der Waals surface area contributed by atoms with Crippen LogP contribution in [0.2, 0.25) is 0 Å². The Morgan fingerprint density at radius 2 is 1.88 bits per heavy atom. The van der Waals surface area contributed by atoms with Crippen LogP contribution in [0.15, 0.2) is 60.7 Å². The molecule has 4 rings (SSSR count). The third-order valence-electron chi connectivity index (χ3n) is 6.26. The Bertz CT molecular complexity index is 1170. The molecule has 1 aliphatic rings. The summed E-state index contributed by atoms with van der Waals surface area (Å²) in [6.07, 6.45) is 0.434. The van der Waals surface area contributed by atoms with E-state index in [-0.39, 0.29) is 11.7 Å². The number of H-pyrrole nitrogens is 1. The first-order chi connectivity index (χ1) is 16.1. The van der Waals surface area contributed by atoms with Crippen LogP contribution in [0.3, 0.4) is 0 Å². The van der Waals surface area contributed by atoms with E-state index in [2.05, 4.69) is 10.2 Å². The topological polar surface area (TPSA) is 116 Å². The van der Waals surface area contributed by atoms with Gasteiger partial charge in [0.05, 0.1) is 17.3 Å². The van der Waals surface area contributed by atoms with E-state index in [4.69, 9.17) is 9.84 Å². The van der Waals surface area contributed by atoms with Gasteiger partial charge in [0.2, 0.25) is 0 Å². The fraction of sp³-hybridized carbons (Fsp3) is 0.346. The van der Waals surface area contributed by atoms with Crippen LogP contribution >= 0.6 is 0 Å². The minimum absolute atomic E-state index is 0.0245. The summed E-state index contributed by atoms with van der Waals surface area (Å²) in [7, 11) is 0. The van der Waals surface area contributed by atoms with E-state index in [0.717, 1.165) is 16.7 Å². The molecule has 1 saturated heterocycles. The SMILES string of the molecule is C[C@@H](c1ccc(-c2cc(C(=O)O)[nH]n2)cc1)N1CC[C@](CC(C)(C)O)(c2ccccc2)OC1=O. The molecule has 2 aromatic carbocycles. The van der Waals surface area contributed by atoms with Gasteiger partial charge < -0.3 is 19.8 Å². The van der Waals surface area contributed by atoms with E-state index in [1.54, 1.807) is 18.7 Å². The highest BCUT2D eigenvalue weighted by molar-refractivity contribution is 5.86. The van der Waals surface area contributed by atoms with Gasteiger partial charge in [-0.15, -0.1) is 0 Å². The molecule has 0 bridgehead atoms. The molecule has 1 fully saturated rings. The van der Waals surface area contributed by atoms with E-state index >= 15 is 0 Å². The number of aromatic amines is 1. The van der Waals surface area contributed by atoms with Gasteiger partial charge >= 0.3 is 12.1 Å². The maximum atomic E-state index is 13.2. The zero-order valence-corrected chi connectivity index (χ0v) is 19.5. The van der Waals surface area contributed by atoms with E-state index in [9.17, 15) is 14.7 Å². The van der Waals surface area contributed by atoms with Crippen LogP contribution in [-0.4, -0.2) is 49.5 Å². The molecule has 3 aromatic rings. The Labute approximate surface area is 198 Å². The Morgan fingerprint density at radius 3 is 2.44 bits per heavy atom. The van der Waals surface area contributed by atoms with Gasteiger partial charge in [-0.25, -0.2) is 9.59 Å². The first kappa shape index (κ1) is 23.5. The van der Waals surface area contributed by atoms with Crippen LogP contribution in [0.4, 0.5) is 4.79 Å². The fourth-order valence-electron chi connectivity index (χ4n) is 4.58. The third kappa shape index (κ3) is 4.82. The molecule has 0 spiro atoms. The van der Waals surface area contributed by atoms with Crippen molar-refractivity contribution in [2.45, 2.75) is 50.9 Å². The smallest absolute Gasteiger partial charge is 0.411 e. The Hall–Kier alpha value is -3.65. The molecule has 1 amide bonds. The van der Waals surface area contributed by atoms with Gasteiger partial charge in [-0.1, -0.05) is 54.6 Å². The number of hydrogen-bond acceptors (Lipinski definition) is 5. The second kappa shape index (κ2) is 8.95. The quantitative estimate of drug-likeness (QED) is 0.466. The normalized spacial score (nSPS) is 19.5. The number of carboxylic acid groups (broad SMARTS) is 1. The van der Waals surface area contributed by atoms with Crippen molar-refractivity contribution >= 4 is 12.1 Å². The second-order valence-electron chi connectivity index (χ2n) is 9.43. The average Bonchev–Trinajstić information content (AvgIpc) is 3.29. The molecule has 8 nitrogen and oxygen atoms in total. The number of rotatable bonds is 7. The molecule has 1 aliphatic heterocycles. The fourth-order valence-corrected chi connectivity index (χ4v) is 4.58. The van der Waals surface area contributed by atoms with E-state index in [1.807, 2.05) is 61.5 Å². The largest absolute Gasteiger partial charge is 0.477 e. The number of nitrogens with one attached hydrogen (secondary N) is 1. The summed E-state index contributed by atoms with van der Waals surface area (Å²) in [6.45, 7) is 5.87. The highest BCUT2D eigenvalue weighted by Gasteiger charge is 2.46. The molecule has 1 aromatic heterocycles. The monoisotopic (exact) mass is 463 g/mol. The minimum atomic E-state index is -1.07. The molecule has 178 valence electrons. The van der Waals surface area contributed by atoms with Crippen molar-refractivity contribution in [3.63, 3.8) is 0 Å². The molecule has 34 heavy (non-hydrogen) atoms. The van der Waals surface area contributed by atoms with E-state index < -0.39 is 23.3 Å². The Morgan fingerprint density at radius 1 is 1.21 bits per heavy atom. The molecule has 0 saturated carbocycles.